The quantitative estimate of drug-likeness (QED) is 0.643. The van der Waals surface area contributed by atoms with E-state index in [1.165, 1.54) is 7.11 Å². The van der Waals surface area contributed by atoms with Gasteiger partial charge in [0.05, 0.1) is 17.9 Å². The molecule has 0 saturated heterocycles. The molecule has 2 amide bonds. The summed E-state index contributed by atoms with van der Waals surface area (Å²) in [5.74, 6) is 0.601. The Balaban J connectivity index is 0.00000280. The fraction of sp³-hybridized carbons (Fsp3) is 0.263. The molecule has 0 bridgehead atoms. The molecule has 2 aromatic carbocycles. The Hall–Kier alpha value is -2.81. The van der Waals surface area contributed by atoms with Gasteiger partial charge in [-0.1, -0.05) is 18.2 Å². The number of methoxy groups -OCH3 is 1. The van der Waals surface area contributed by atoms with E-state index in [1.807, 2.05) is 12.1 Å². The van der Waals surface area contributed by atoms with Crippen LogP contribution in [0.2, 0.25) is 0 Å². The lowest BCUT2D eigenvalue weighted by molar-refractivity contribution is -0.118. The van der Waals surface area contributed by atoms with E-state index < -0.39 is 11.9 Å². The summed E-state index contributed by atoms with van der Waals surface area (Å²) in [4.78, 5) is 24.7. The maximum absolute atomic E-state index is 12.6. The summed E-state index contributed by atoms with van der Waals surface area (Å²) in [6, 6.07) is 11.4. The van der Waals surface area contributed by atoms with Crippen LogP contribution < -0.4 is 25.8 Å². The number of ether oxygens (including phenoxy) is 3. The van der Waals surface area contributed by atoms with Gasteiger partial charge in [0.2, 0.25) is 12.7 Å². The third-order valence-corrected chi connectivity index (χ3v) is 4.00. The van der Waals surface area contributed by atoms with Gasteiger partial charge in [-0.25, -0.2) is 0 Å². The number of para-hydroxylation sites is 1. The van der Waals surface area contributed by atoms with E-state index in [0.29, 0.717) is 29.3 Å². The van der Waals surface area contributed by atoms with Gasteiger partial charge in [0.25, 0.3) is 5.91 Å². The lowest BCUT2D eigenvalue weighted by Crippen LogP contribution is -2.39. The van der Waals surface area contributed by atoms with Crippen LogP contribution in [0.3, 0.4) is 0 Å². The number of rotatable bonds is 7. The van der Waals surface area contributed by atoms with Crippen LogP contribution >= 0.6 is 12.4 Å². The number of halogens is 1. The molecule has 3 rings (SSSR count). The highest BCUT2D eigenvalue weighted by Gasteiger charge is 2.18. The number of carbonyl (C=O) groups is 2. The summed E-state index contributed by atoms with van der Waals surface area (Å²) >= 11 is 0. The fourth-order valence-electron chi connectivity index (χ4n) is 2.60. The zero-order valence-electron chi connectivity index (χ0n) is 15.3. The Bertz CT molecular complexity index is 846. The average Bonchev–Trinajstić information content (AvgIpc) is 3.14. The zero-order valence-corrected chi connectivity index (χ0v) is 16.1. The van der Waals surface area contributed by atoms with Crippen LogP contribution in [0.5, 0.6) is 11.5 Å². The molecule has 2 aromatic rings. The molecule has 4 N–H and O–H groups in total. The molecule has 1 atom stereocenters. The first-order chi connectivity index (χ1) is 13.1. The first kappa shape index (κ1) is 21.5. The molecule has 8 nitrogen and oxygen atoms in total. The summed E-state index contributed by atoms with van der Waals surface area (Å²) < 4.78 is 15.5. The van der Waals surface area contributed by atoms with E-state index in [2.05, 4.69) is 10.6 Å². The first-order valence-corrected chi connectivity index (χ1v) is 8.39. The van der Waals surface area contributed by atoms with Crippen LogP contribution in [0.25, 0.3) is 0 Å². The third kappa shape index (κ3) is 5.13. The van der Waals surface area contributed by atoms with Crippen LogP contribution in [0.1, 0.15) is 15.9 Å². The normalized spacial score (nSPS) is 12.6. The second kappa shape index (κ2) is 9.93. The largest absolute Gasteiger partial charge is 0.454 e. The minimum atomic E-state index is -0.820. The van der Waals surface area contributed by atoms with Gasteiger partial charge in [-0.2, -0.15) is 0 Å². The smallest absolute Gasteiger partial charge is 0.253 e. The monoisotopic (exact) mass is 407 g/mol. The maximum Gasteiger partial charge on any atom is 0.253 e. The predicted molar refractivity (Wildman–Crippen MR) is 106 cm³/mol. The number of carbonyl (C=O) groups excluding carboxylic acids is 2. The van der Waals surface area contributed by atoms with Gasteiger partial charge in [-0.3, -0.25) is 9.59 Å². The van der Waals surface area contributed by atoms with Crippen LogP contribution in [0, 0.1) is 0 Å². The molecule has 0 saturated carbocycles. The van der Waals surface area contributed by atoms with Gasteiger partial charge in [0.1, 0.15) is 6.04 Å². The number of benzene rings is 2. The van der Waals surface area contributed by atoms with Crippen molar-refractivity contribution in [1.82, 2.24) is 5.32 Å². The summed E-state index contributed by atoms with van der Waals surface area (Å²) in [6.07, 6.45) is 0. The fourth-order valence-corrected chi connectivity index (χ4v) is 2.60. The van der Waals surface area contributed by atoms with Crippen molar-refractivity contribution >= 4 is 29.9 Å². The van der Waals surface area contributed by atoms with Crippen molar-refractivity contribution in [2.24, 2.45) is 5.73 Å². The standard InChI is InChI=1S/C19H21N3O5.ClH/c1-25-10-14(20)19(24)22-15-5-3-2-4-13(15)18(23)21-9-12-6-7-16-17(8-12)27-11-26-16;/h2-8,14H,9-11,20H2,1H3,(H,21,23)(H,22,24);1H. The van der Waals surface area contributed by atoms with Crippen molar-refractivity contribution in [3.05, 3.63) is 53.6 Å². The van der Waals surface area contributed by atoms with Crippen LogP contribution in [0.4, 0.5) is 5.69 Å². The van der Waals surface area contributed by atoms with Gasteiger partial charge in [-0.05, 0) is 29.8 Å². The molecule has 9 heteroatoms. The van der Waals surface area contributed by atoms with Crippen molar-refractivity contribution in [2.45, 2.75) is 12.6 Å². The number of hydrogen-bond acceptors (Lipinski definition) is 6. The van der Waals surface area contributed by atoms with Crippen LogP contribution in [-0.2, 0) is 16.1 Å². The van der Waals surface area contributed by atoms with E-state index in [-0.39, 0.29) is 31.7 Å². The SMILES string of the molecule is COCC(N)C(=O)Nc1ccccc1C(=O)NCc1ccc2c(c1)OCO2.Cl. The lowest BCUT2D eigenvalue weighted by atomic mass is 10.1. The highest BCUT2D eigenvalue weighted by Crippen LogP contribution is 2.32. The van der Waals surface area contributed by atoms with E-state index in [4.69, 9.17) is 19.9 Å². The summed E-state index contributed by atoms with van der Waals surface area (Å²) in [6.45, 7) is 0.592. The van der Waals surface area contributed by atoms with Crippen LogP contribution in [-0.4, -0.2) is 38.4 Å². The Labute approximate surface area is 168 Å². The lowest BCUT2D eigenvalue weighted by Gasteiger charge is -2.14. The molecule has 0 spiro atoms. The molecule has 0 fully saturated rings. The first-order valence-electron chi connectivity index (χ1n) is 8.39. The predicted octanol–water partition coefficient (Wildman–Crippen LogP) is 1.68. The van der Waals surface area contributed by atoms with Gasteiger partial charge >= 0.3 is 0 Å². The third-order valence-electron chi connectivity index (χ3n) is 4.00. The molecule has 0 aliphatic carbocycles. The van der Waals surface area contributed by atoms with Crippen molar-refractivity contribution in [1.29, 1.82) is 0 Å². The molecule has 1 aliphatic heterocycles. The van der Waals surface area contributed by atoms with E-state index in [1.54, 1.807) is 30.3 Å². The number of amides is 2. The second-order valence-corrected chi connectivity index (χ2v) is 5.97. The van der Waals surface area contributed by atoms with Crippen molar-refractivity contribution < 1.29 is 23.8 Å². The second-order valence-electron chi connectivity index (χ2n) is 5.97. The minimum Gasteiger partial charge on any atom is -0.454 e. The van der Waals surface area contributed by atoms with E-state index in [0.717, 1.165) is 5.56 Å². The average molecular weight is 408 g/mol. The van der Waals surface area contributed by atoms with Crippen LogP contribution in [0.15, 0.2) is 42.5 Å². The number of fused-ring (bicyclic) bond motifs is 1. The number of anilines is 1. The molecule has 1 heterocycles. The highest BCUT2D eigenvalue weighted by molar-refractivity contribution is 6.04. The molecule has 0 radical (unpaired) electrons. The topological polar surface area (TPSA) is 112 Å². The number of nitrogens with two attached hydrogens (primary N) is 1. The van der Waals surface area contributed by atoms with Crippen molar-refractivity contribution in [3.8, 4) is 11.5 Å². The Morgan fingerprint density at radius 3 is 2.71 bits per heavy atom. The maximum atomic E-state index is 12.6. The molecule has 1 unspecified atom stereocenters. The summed E-state index contributed by atoms with van der Waals surface area (Å²) in [5.41, 5.74) is 7.32. The van der Waals surface area contributed by atoms with E-state index >= 15 is 0 Å². The molecular formula is C19H22ClN3O5. The zero-order chi connectivity index (χ0) is 19.2. The minimum absolute atomic E-state index is 0. The number of nitrogens with one attached hydrogen (secondary N) is 2. The van der Waals surface area contributed by atoms with Crippen molar-refractivity contribution in [3.63, 3.8) is 0 Å². The molecular weight excluding hydrogens is 386 g/mol. The van der Waals surface area contributed by atoms with Crippen molar-refractivity contribution in [2.75, 3.05) is 25.8 Å². The van der Waals surface area contributed by atoms with Gasteiger partial charge in [0, 0.05) is 13.7 Å². The molecule has 28 heavy (non-hydrogen) atoms. The van der Waals surface area contributed by atoms with Gasteiger partial charge in [-0.15, -0.1) is 12.4 Å². The van der Waals surface area contributed by atoms with E-state index in [9.17, 15) is 9.59 Å². The van der Waals surface area contributed by atoms with Gasteiger partial charge in [0.15, 0.2) is 11.5 Å². The van der Waals surface area contributed by atoms with Gasteiger partial charge < -0.3 is 30.6 Å². The molecule has 1 aliphatic rings. The summed E-state index contributed by atoms with van der Waals surface area (Å²) in [7, 11) is 1.46. The summed E-state index contributed by atoms with van der Waals surface area (Å²) in [5, 5.41) is 5.50. The Morgan fingerprint density at radius 2 is 1.93 bits per heavy atom. The highest BCUT2D eigenvalue weighted by atomic mass is 35.5. The Kier molecular flexibility index (Phi) is 7.62. The Morgan fingerprint density at radius 1 is 1.18 bits per heavy atom. The molecule has 0 aromatic heterocycles. The molecule has 150 valence electrons. The number of hydrogen-bond donors (Lipinski definition) is 3.